The number of aliphatic hydroxyl groups is 1. The van der Waals surface area contributed by atoms with E-state index < -0.39 is 18.2 Å². The minimum atomic E-state index is -2.33. The molecule has 0 amide bonds. The molecule has 0 saturated carbocycles. The van der Waals surface area contributed by atoms with Crippen LogP contribution in [0.2, 0.25) is 0 Å². The van der Waals surface area contributed by atoms with Gasteiger partial charge in [0.2, 0.25) is 0 Å². The van der Waals surface area contributed by atoms with Crippen LogP contribution in [0.3, 0.4) is 0 Å². The van der Waals surface area contributed by atoms with E-state index in [2.05, 4.69) is 0 Å². The Labute approximate surface area is 49.9 Å². The van der Waals surface area contributed by atoms with Crippen molar-refractivity contribution < 1.29 is 24.2 Å². The lowest BCUT2D eigenvalue weighted by Crippen LogP contribution is -2.31. The number of carbonyl (C=O) groups is 2. The number of carboxylic acids is 1. The molecule has 0 aliphatic heterocycles. The summed E-state index contributed by atoms with van der Waals surface area (Å²) >= 11 is 0. The maximum atomic E-state index is 11.8. The molecule has 4 nitrogen and oxygen atoms in total. The summed E-state index contributed by atoms with van der Waals surface area (Å²) in [6.07, 6.45) is -4.83. The first-order valence-electron chi connectivity index (χ1n) is 2.10. The summed E-state index contributed by atoms with van der Waals surface area (Å²) in [5.74, 6) is -1.74. The van der Waals surface area contributed by atoms with E-state index in [1.807, 2.05) is 0 Å². The first-order valence-corrected chi connectivity index (χ1v) is 2.10. The Bertz CT molecular complexity index is 124. The van der Waals surface area contributed by atoms with Crippen molar-refractivity contribution in [3.63, 3.8) is 0 Å². The molecule has 0 radical (unpaired) electrons. The summed E-state index contributed by atoms with van der Waals surface area (Å²) < 4.78 is 11.8. The number of carbonyl (C=O) groups excluding carboxylic acids is 1. The fraction of sp³-hybridized carbons (Fsp3) is 0.500. The second-order valence-corrected chi connectivity index (χ2v) is 1.36. The van der Waals surface area contributed by atoms with Gasteiger partial charge in [0.1, 0.15) is 0 Å². The van der Waals surface area contributed by atoms with Crippen molar-refractivity contribution in [3.05, 3.63) is 0 Å². The molecule has 9 heavy (non-hydrogen) atoms. The van der Waals surface area contributed by atoms with Crippen molar-refractivity contribution in [3.8, 4) is 0 Å². The minimum Gasteiger partial charge on any atom is -0.479 e. The molecule has 5 heteroatoms. The van der Waals surface area contributed by atoms with E-state index in [-0.39, 0.29) is 6.29 Å². The van der Waals surface area contributed by atoms with Gasteiger partial charge in [-0.05, 0) is 0 Å². The van der Waals surface area contributed by atoms with Gasteiger partial charge in [0.25, 0.3) is 0 Å². The first kappa shape index (κ1) is 8.03. The number of halogens is 1. The summed E-state index contributed by atoms with van der Waals surface area (Å²) in [7, 11) is 0. The Morgan fingerprint density at radius 1 is 1.67 bits per heavy atom. The summed E-state index contributed by atoms with van der Waals surface area (Å²) in [5.41, 5.74) is 0. The molecule has 2 N–H and O–H groups in total. The van der Waals surface area contributed by atoms with E-state index in [0.717, 1.165) is 0 Å². The molecule has 0 aromatic carbocycles. The molecule has 0 heterocycles. The average Bonchev–Trinajstić information content (AvgIpc) is 1.84. The van der Waals surface area contributed by atoms with Gasteiger partial charge in [-0.1, -0.05) is 0 Å². The molecule has 0 unspecified atom stereocenters. The molecule has 0 bridgehead atoms. The molecule has 52 valence electrons. The van der Waals surface area contributed by atoms with Crippen LogP contribution in [0.1, 0.15) is 0 Å². The second-order valence-electron chi connectivity index (χ2n) is 1.36. The van der Waals surface area contributed by atoms with E-state index in [0.29, 0.717) is 0 Å². The van der Waals surface area contributed by atoms with E-state index in [1.54, 1.807) is 0 Å². The van der Waals surface area contributed by atoms with Crippen molar-refractivity contribution in [2.24, 2.45) is 0 Å². The smallest absolute Gasteiger partial charge is 0.336 e. The lowest BCUT2D eigenvalue weighted by atomic mass is 10.2. The monoisotopic (exact) mass is 136 g/mol. The molecule has 0 aliphatic carbocycles. The van der Waals surface area contributed by atoms with Crippen molar-refractivity contribution in [1.29, 1.82) is 0 Å². The van der Waals surface area contributed by atoms with E-state index in [1.165, 1.54) is 0 Å². The number of hydrogen-bond donors (Lipinski definition) is 2. The van der Waals surface area contributed by atoms with E-state index in [4.69, 9.17) is 10.2 Å². The van der Waals surface area contributed by atoms with Crippen LogP contribution in [0.15, 0.2) is 0 Å². The Balaban J connectivity index is 3.86. The van der Waals surface area contributed by atoms with Gasteiger partial charge in [0.05, 0.1) is 0 Å². The molecular weight excluding hydrogens is 131 g/mol. The quantitative estimate of drug-likeness (QED) is 0.486. The zero-order valence-corrected chi connectivity index (χ0v) is 4.32. The van der Waals surface area contributed by atoms with Gasteiger partial charge < -0.3 is 10.2 Å². The first-order chi connectivity index (χ1) is 4.09. The Kier molecular flexibility index (Phi) is 2.80. The van der Waals surface area contributed by atoms with Gasteiger partial charge in [-0.2, -0.15) is 0 Å². The molecule has 0 fully saturated rings. The van der Waals surface area contributed by atoms with Crippen LogP contribution in [-0.2, 0) is 9.59 Å². The third-order valence-corrected chi connectivity index (χ3v) is 0.685. The SMILES string of the molecule is O=C[C@@H](F)[C@H](O)C(=O)O. The van der Waals surface area contributed by atoms with Crippen molar-refractivity contribution in [2.45, 2.75) is 12.3 Å². The third kappa shape index (κ3) is 2.18. The predicted octanol–water partition coefficient (Wildman–Crippen LogP) is -1.03. The third-order valence-electron chi connectivity index (χ3n) is 0.685. The number of carboxylic acid groups (broad SMARTS) is 1. The number of hydrogen-bond acceptors (Lipinski definition) is 3. The average molecular weight is 136 g/mol. The molecule has 0 saturated heterocycles. The van der Waals surface area contributed by atoms with Crippen LogP contribution in [0.4, 0.5) is 4.39 Å². The highest BCUT2D eigenvalue weighted by atomic mass is 19.1. The zero-order chi connectivity index (χ0) is 7.44. The molecular formula is C4H5FO4. The number of aliphatic hydroxyl groups excluding tert-OH is 1. The molecule has 0 aromatic heterocycles. The maximum absolute atomic E-state index is 11.8. The summed E-state index contributed by atoms with van der Waals surface area (Å²) in [6, 6.07) is 0. The fourth-order valence-corrected chi connectivity index (χ4v) is 0.211. The highest BCUT2D eigenvalue weighted by Gasteiger charge is 2.24. The van der Waals surface area contributed by atoms with Gasteiger partial charge in [0, 0.05) is 0 Å². The van der Waals surface area contributed by atoms with Crippen molar-refractivity contribution >= 4 is 12.3 Å². The van der Waals surface area contributed by atoms with Gasteiger partial charge in [-0.15, -0.1) is 0 Å². The lowest BCUT2D eigenvalue weighted by Gasteiger charge is -2.02. The highest BCUT2D eigenvalue weighted by Crippen LogP contribution is 1.94. The zero-order valence-electron chi connectivity index (χ0n) is 4.32. The summed E-state index contributed by atoms with van der Waals surface area (Å²) in [6.45, 7) is 0. The lowest BCUT2D eigenvalue weighted by molar-refractivity contribution is -0.151. The largest absolute Gasteiger partial charge is 0.479 e. The topological polar surface area (TPSA) is 74.6 Å². The highest BCUT2D eigenvalue weighted by molar-refractivity contribution is 5.77. The van der Waals surface area contributed by atoms with Crippen LogP contribution in [0.5, 0.6) is 0 Å². The van der Waals surface area contributed by atoms with Crippen LogP contribution < -0.4 is 0 Å². The Hall–Kier alpha value is -0.970. The normalized spacial score (nSPS) is 16.2. The van der Waals surface area contributed by atoms with Gasteiger partial charge in [0.15, 0.2) is 18.6 Å². The van der Waals surface area contributed by atoms with Crippen molar-refractivity contribution in [1.82, 2.24) is 0 Å². The second kappa shape index (κ2) is 3.13. The van der Waals surface area contributed by atoms with Crippen LogP contribution >= 0.6 is 0 Å². The van der Waals surface area contributed by atoms with Crippen molar-refractivity contribution in [2.75, 3.05) is 0 Å². The van der Waals surface area contributed by atoms with Crippen LogP contribution in [0, 0.1) is 0 Å². The molecule has 0 rings (SSSR count). The van der Waals surface area contributed by atoms with Gasteiger partial charge in [-0.3, -0.25) is 4.79 Å². The van der Waals surface area contributed by atoms with E-state index in [9.17, 15) is 14.0 Å². The maximum Gasteiger partial charge on any atom is 0.336 e. The van der Waals surface area contributed by atoms with Gasteiger partial charge in [-0.25, -0.2) is 9.18 Å². The van der Waals surface area contributed by atoms with Crippen LogP contribution in [-0.4, -0.2) is 34.7 Å². The molecule has 0 spiro atoms. The molecule has 0 aliphatic rings. The minimum absolute atomic E-state index is 0.265. The predicted molar refractivity (Wildman–Crippen MR) is 24.6 cm³/mol. The Morgan fingerprint density at radius 3 is 2.22 bits per heavy atom. The number of rotatable bonds is 3. The van der Waals surface area contributed by atoms with Crippen LogP contribution in [0.25, 0.3) is 0 Å². The Morgan fingerprint density at radius 2 is 2.11 bits per heavy atom. The van der Waals surface area contributed by atoms with Gasteiger partial charge >= 0.3 is 5.97 Å². The number of alkyl halides is 1. The van der Waals surface area contributed by atoms with E-state index >= 15 is 0 Å². The summed E-state index contributed by atoms with van der Waals surface area (Å²) in [4.78, 5) is 19.1. The molecule has 0 aromatic rings. The standard InChI is InChI=1S/C4H5FO4/c5-2(1-6)3(7)4(8)9/h1-3,7H,(H,8,9)/t2-,3+/m1/s1. The fourth-order valence-electron chi connectivity index (χ4n) is 0.211. The number of aldehydes is 1. The number of aliphatic carboxylic acids is 1. The molecule has 2 atom stereocenters. The summed E-state index contributed by atoms with van der Waals surface area (Å²) in [5, 5.41) is 16.0.